The summed E-state index contributed by atoms with van der Waals surface area (Å²) in [4.78, 5) is 80.0. The highest BCUT2D eigenvalue weighted by Crippen LogP contribution is 2.50. The fraction of sp³-hybridized carbons (Fsp3) is 0.529. The Hall–Kier alpha value is -6.44. The summed E-state index contributed by atoms with van der Waals surface area (Å²) in [6, 6.07) is 1.73. The van der Waals surface area contributed by atoms with Gasteiger partial charge in [0.1, 0.15) is 35.1 Å². The Labute approximate surface area is 406 Å². The molecule has 2 unspecified atom stereocenters. The zero-order valence-electron chi connectivity index (χ0n) is 40.7. The third kappa shape index (κ3) is 10.4. The molecule has 2 aromatic carbocycles. The summed E-state index contributed by atoms with van der Waals surface area (Å²) >= 11 is 0. The van der Waals surface area contributed by atoms with Gasteiger partial charge in [-0.25, -0.2) is 9.97 Å². The van der Waals surface area contributed by atoms with Crippen molar-refractivity contribution in [2.45, 2.75) is 116 Å². The number of amides is 2. The summed E-state index contributed by atoms with van der Waals surface area (Å²) in [6.45, 7) is 14.7. The Bertz CT molecular complexity index is 2750. The predicted molar refractivity (Wildman–Crippen MR) is 258 cm³/mol. The fourth-order valence-corrected chi connectivity index (χ4v) is 9.79. The van der Waals surface area contributed by atoms with Crippen molar-refractivity contribution in [2.24, 2.45) is 21.8 Å². The van der Waals surface area contributed by atoms with Crippen molar-refractivity contribution in [3.05, 3.63) is 76.4 Å². The first-order valence-electron chi connectivity index (χ1n) is 24.2. The predicted octanol–water partition coefficient (Wildman–Crippen LogP) is 3.90. The number of hydrogen-bond acceptors (Lipinski definition) is 17. The number of esters is 1. The summed E-state index contributed by atoms with van der Waals surface area (Å²) in [7, 11) is 0. The van der Waals surface area contributed by atoms with E-state index in [-0.39, 0.29) is 81.1 Å². The van der Waals surface area contributed by atoms with Gasteiger partial charge in [-0.15, -0.1) is 0 Å². The number of allylic oxidation sites excluding steroid dienone is 3. The van der Waals surface area contributed by atoms with Gasteiger partial charge in [0.15, 0.2) is 11.4 Å². The lowest BCUT2D eigenvalue weighted by Crippen LogP contribution is -2.49. The molecule has 9 rings (SSSR count). The van der Waals surface area contributed by atoms with Crippen LogP contribution in [0.3, 0.4) is 0 Å². The first-order chi connectivity index (χ1) is 33.4. The summed E-state index contributed by atoms with van der Waals surface area (Å²) < 4.78 is 18.2. The monoisotopic (exact) mass is 964 g/mol. The van der Waals surface area contributed by atoms with E-state index < -0.39 is 71.4 Å². The maximum absolute atomic E-state index is 14.7. The van der Waals surface area contributed by atoms with Crippen molar-refractivity contribution in [2.75, 3.05) is 56.0 Å². The average molecular weight is 965 g/mol. The molecule has 6 aliphatic heterocycles. The lowest BCUT2D eigenvalue weighted by Gasteiger charge is -2.36. The summed E-state index contributed by atoms with van der Waals surface area (Å²) in [6.07, 6.45) is 8.92. The van der Waals surface area contributed by atoms with E-state index in [1.807, 2.05) is 4.90 Å². The van der Waals surface area contributed by atoms with Gasteiger partial charge in [-0.1, -0.05) is 39.0 Å². The molecule has 374 valence electrons. The number of piperidine rings is 1. The zero-order chi connectivity index (χ0) is 50.1. The van der Waals surface area contributed by atoms with Gasteiger partial charge in [0.2, 0.25) is 11.9 Å². The van der Waals surface area contributed by atoms with Gasteiger partial charge in [0, 0.05) is 107 Å². The number of phenols is 2. The molecule has 2 fully saturated rings. The van der Waals surface area contributed by atoms with Crippen molar-refractivity contribution >= 4 is 46.0 Å². The van der Waals surface area contributed by atoms with E-state index >= 15 is 0 Å². The largest absolute Gasteiger partial charge is 0.507 e. The number of aliphatic hydroxyl groups excluding tert-OH is 2. The molecule has 19 heteroatoms. The number of carbonyl (C=O) groups is 4. The second-order valence-electron chi connectivity index (χ2n) is 19.6. The number of aromatic hydroxyl groups is 2. The minimum atomic E-state index is -1.94. The lowest BCUT2D eigenvalue weighted by molar-refractivity contribution is -0.155. The van der Waals surface area contributed by atoms with Crippen LogP contribution in [0.4, 0.5) is 11.6 Å². The molecule has 6 aliphatic rings. The SMILES string of the molecule is C/C1=C/C=C/C(C)[C@H](O)CC(O)C[C@H](OC(=O)CC(=O)N2CCN(c3ncccn3)CC2)CC/C=C/O[C@@]2(C)Oc3c(C)c(O)c4c(O)c(c5c(c4c3C2=O)=NC2(CCN(CC(C)C)CC2)N=5)NC1=O. The van der Waals surface area contributed by atoms with Crippen LogP contribution in [0.15, 0.2) is 64.6 Å². The third-order valence-electron chi connectivity index (χ3n) is 13.8. The Morgan fingerprint density at radius 1 is 0.957 bits per heavy atom. The molecule has 1 spiro atoms. The molecule has 0 saturated carbocycles. The standard InChI is InChI=1S/C51H64N8O11/c1-29(2)28-57-18-14-51(15-19-57)55-41-38-39-44(64)32(5)46-40(38)47(66)50(6,70-46)68-24-8-7-13-34(69-37(63)27-36(62)58-20-22-59(23-21-58)49-52-16-10-17-53-49)25-33(60)26-35(61)30(3)11-9-12-31(4)48(67)54-43(45(39)65)42(41)56-51/h8-12,16-17,24,29-30,33-35,60-61,64-65H,7,13-15,18-23,25-28H2,1-6H3,(H,54,67)/b11-9+,24-8+,31-12-/t30?,33?,34-,35-,50+/m1/s1. The molecule has 70 heavy (non-hydrogen) atoms. The topological polar surface area (TPSA) is 249 Å². The number of phenolic OH excluding ortho intramolecular Hbond substituents is 2. The Morgan fingerprint density at radius 3 is 2.36 bits per heavy atom. The number of likely N-dealkylation sites (tertiary alicyclic amines) is 1. The minimum absolute atomic E-state index is 0.0356. The van der Waals surface area contributed by atoms with Gasteiger partial charge >= 0.3 is 11.8 Å². The highest BCUT2D eigenvalue weighted by molar-refractivity contribution is 6.19. The molecule has 2 amide bonds. The molecule has 1 aromatic heterocycles. The molecule has 0 radical (unpaired) electrons. The van der Waals surface area contributed by atoms with Crippen LogP contribution in [-0.4, -0.2) is 139 Å². The van der Waals surface area contributed by atoms with Crippen LogP contribution in [0.25, 0.3) is 10.8 Å². The van der Waals surface area contributed by atoms with Crippen molar-refractivity contribution in [3.63, 3.8) is 0 Å². The van der Waals surface area contributed by atoms with Crippen LogP contribution < -0.4 is 25.7 Å². The highest BCUT2D eigenvalue weighted by Gasteiger charge is 2.50. The number of nitrogens with zero attached hydrogens (tertiary/aromatic N) is 7. The first-order valence-corrected chi connectivity index (χ1v) is 24.2. The summed E-state index contributed by atoms with van der Waals surface area (Å²) in [5, 5.41) is 49.6. The first kappa shape index (κ1) is 50.0. The molecule has 19 nitrogen and oxygen atoms in total. The molecule has 0 aliphatic carbocycles. The van der Waals surface area contributed by atoms with Crippen LogP contribution in [0, 0.1) is 18.8 Å². The van der Waals surface area contributed by atoms with Crippen molar-refractivity contribution in [1.82, 2.24) is 19.8 Å². The fourth-order valence-electron chi connectivity index (χ4n) is 9.79. The number of ether oxygens (including phenoxy) is 3. The van der Waals surface area contributed by atoms with Crippen molar-refractivity contribution in [1.29, 1.82) is 0 Å². The molecule has 5 atom stereocenters. The number of fused-ring (bicyclic) bond motifs is 13. The van der Waals surface area contributed by atoms with E-state index in [0.717, 1.165) is 6.54 Å². The van der Waals surface area contributed by atoms with Crippen LogP contribution in [0.1, 0.15) is 95.5 Å². The molecule has 7 heterocycles. The molecule has 2 saturated heterocycles. The smallest absolute Gasteiger partial charge is 0.315 e. The Balaban J connectivity index is 1.08. The number of hydrogen-bond donors (Lipinski definition) is 5. The van der Waals surface area contributed by atoms with Gasteiger partial charge in [0.05, 0.1) is 34.8 Å². The van der Waals surface area contributed by atoms with Crippen LogP contribution in [0.2, 0.25) is 0 Å². The Kier molecular flexibility index (Phi) is 14.6. The number of aromatic nitrogens is 2. The molecular weight excluding hydrogens is 901 g/mol. The van der Waals surface area contributed by atoms with Crippen LogP contribution in [-0.2, 0) is 23.9 Å². The molecule has 5 bridgehead atoms. The third-order valence-corrected chi connectivity index (χ3v) is 13.8. The molecule has 3 aromatic rings. The zero-order valence-corrected chi connectivity index (χ0v) is 40.7. The number of nitrogens with one attached hydrogen (secondary N) is 1. The van der Waals surface area contributed by atoms with E-state index in [9.17, 15) is 39.6 Å². The quantitative estimate of drug-likeness (QED) is 0.134. The summed E-state index contributed by atoms with van der Waals surface area (Å²) in [5.41, 5.74) is -0.604. The number of anilines is 2. The lowest BCUT2D eigenvalue weighted by atomic mass is 9.93. The van der Waals surface area contributed by atoms with E-state index in [4.69, 9.17) is 24.2 Å². The molecular formula is C51H64N8O11. The molecule has 5 N–H and O–H groups in total. The van der Waals surface area contributed by atoms with E-state index in [1.165, 1.54) is 13.2 Å². The van der Waals surface area contributed by atoms with Crippen LogP contribution >= 0.6 is 0 Å². The number of Topliss-reactive ketones (excluding diaryl/α,β-unsaturated/α-hetero) is 1. The Morgan fingerprint density at radius 2 is 1.66 bits per heavy atom. The van der Waals surface area contributed by atoms with Gasteiger partial charge < -0.3 is 54.7 Å². The second-order valence-corrected chi connectivity index (χ2v) is 19.6. The van der Waals surface area contributed by atoms with Crippen molar-refractivity contribution < 1.29 is 53.8 Å². The number of carbonyl (C=O) groups excluding carboxylic acids is 4. The number of rotatable bonds is 6. The maximum Gasteiger partial charge on any atom is 0.315 e. The van der Waals surface area contributed by atoms with Gasteiger partial charge in [-0.05, 0) is 51.2 Å². The number of piperazine rings is 1. The number of ketones is 1. The number of aliphatic hydroxyl groups is 2. The second kappa shape index (κ2) is 20.5. The normalized spacial score (nSPS) is 27.0. The van der Waals surface area contributed by atoms with Gasteiger partial charge in [-0.2, -0.15) is 0 Å². The minimum Gasteiger partial charge on any atom is -0.507 e. The van der Waals surface area contributed by atoms with Gasteiger partial charge in [0.25, 0.3) is 11.7 Å². The highest BCUT2D eigenvalue weighted by atomic mass is 16.7. The van der Waals surface area contributed by atoms with Crippen molar-refractivity contribution in [3.8, 4) is 17.2 Å². The van der Waals surface area contributed by atoms with Crippen LogP contribution in [0.5, 0.6) is 17.2 Å². The maximum atomic E-state index is 14.7. The van der Waals surface area contributed by atoms with Gasteiger partial charge in [-0.3, -0.25) is 29.2 Å². The van der Waals surface area contributed by atoms with E-state index in [0.29, 0.717) is 64.0 Å². The van der Waals surface area contributed by atoms with E-state index in [2.05, 4.69) is 34.0 Å². The summed E-state index contributed by atoms with van der Waals surface area (Å²) in [5.74, 6) is -4.58. The number of benzene rings is 2. The average Bonchev–Trinajstić information content (AvgIpc) is 3.83. The van der Waals surface area contributed by atoms with E-state index in [1.54, 1.807) is 68.4 Å².